The molecular formula is C21H24F5N5O3. The lowest BCUT2D eigenvalue weighted by Crippen LogP contribution is -2.50. The van der Waals surface area contributed by atoms with Crippen LogP contribution >= 0.6 is 0 Å². The third-order valence-electron chi connectivity index (χ3n) is 5.92. The summed E-state index contributed by atoms with van der Waals surface area (Å²) in [6.45, 7) is 3.61. The summed E-state index contributed by atoms with van der Waals surface area (Å²) in [5.74, 6) is -7.08. The number of nitrogens with zero attached hydrogens (tertiary/aromatic N) is 1. The van der Waals surface area contributed by atoms with Gasteiger partial charge in [-0.2, -0.15) is 18.4 Å². The van der Waals surface area contributed by atoms with Gasteiger partial charge in [0.15, 0.2) is 0 Å². The van der Waals surface area contributed by atoms with E-state index in [-0.39, 0.29) is 12.3 Å². The molecule has 34 heavy (non-hydrogen) atoms. The van der Waals surface area contributed by atoms with Crippen LogP contribution in [0.4, 0.5) is 22.0 Å². The maximum absolute atomic E-state index is 13.5. The van der Waals surface area contributed by atoms with Crippen molar-refractivity contribution in [2.75, 3.05) is 0 Å². The Morgan fingerprint density at radius 2 is 1.85 bits per heavy atom. The lowest BCUT2D eigenvalue weighted by molar-refractivity contribution is -0.140. The summed E-state index contributed by atoms with van der Waals surface area (Å²) in [7, 11) is 0. The summed E-state index contributed by atoms with van der Waals surface area (Å²) in [5.41, 5.74) is -2.17. The first-order valence-electron chi connectivity index (χ1n) is 10.6. The quantitative estimate of drug-likeness (QED) is 0.419. The van der Waals surface area contributed by atoms with Gasteiger partial charge in [-0.25, -0.2) is 8.78 Å². The van der Waals surface area contributed by atoms with Gasteiger partial charge in [-0.15, -0.1) is 0 Å². The van der Waals surface area contributed by atoms with E-state index in [4.69, 9.17) is 0 Å². The smallest absolute Gasteiger partial charge is 0.351 e. The average Bonchev–Trinajstić information content (AvgIpc) is 3.06. The maximum atomic E-state index is 13.5. The highest BCUT2D eigenvalue weighted by Crippen LogP contribution is 2.51. The van der Waals surface area contributed by atoms with E-state index >= 15 is 0 Å². The molecule has 1 saturated carbocycles. The molecular weight excluding hydrogens is 465 g/mol. The second-order valence-electron chi connectivity index (χ2n) is 9.41. The minimum atomic E-state index is -4.73. The molecule has 8 nitrogen and oxygen atoms in total. The average molecular weight is 489 g/mol. The zero-order valence-electron chi connectivity index (χ0n) is 18.4. The van der Waals surface area contributed by atoms with Crippen LogP contribution < -0.4 is 16.0 Å². The lowest BCUT2D eigenvalue weighted by Gasteiger charge is -2.21. The van der Waals surface area contributed by atoms with Crippen molar-refractivity contribution in [3.05, 3.63) is 23.5 Å². The second kappa shape index (κ2) is 8.88. The van der Waals surface area contributed by atoms with E-state index in [1.807, 2.05) is 11.1 Å². The molecule has 2 fully saturated rings. The number of aromatic nitrogens is 1. The van der Waals surface area contributed by atoms with Crippen LogP contribution in [0.5, 0.6) is 0 Å². The van der Waals surface area contributed by atoms with Gasteiger partial charge in [-0.3, -0.25) is 14.4 Å². The Kier molecular flexibility index (Phi) is 6.65. The molecule has 2 heterocycles. The molecule has 186 valence electrons. The Balaban J connectivity index is 1.68. The van der Waals surface area contributed by atoms with Crippen molar-refractivity contribution in [3.8, 4) is 6.07 Å². The Labute approximate surface area is 191 Å². The molecule has 0 aromatic carbocycles. The molecule has 4 N–H and O–H groups in total. The molecule has 0 radical (unpaired) electrons. The zero-order valence-corrected chi connectivity index (χ0v) is 18.4. The van der Waals surface area contributed by atoms with Crippen molar-refractivity contribution >= 4 is 17.7 Å². The normalized spacial score (nSPS) is 24.5. The molecule has 0 spiro atoms. The summed E-state index contributed by atoms with van der Waals surface area (Å²) in [6, 6.07) is 0.685. The fraction of sp³-hybridized carbons (Fsp3) is 0.619. The first-order valence-corrected chi connectivity index (χ1v) is 10.6. The van der Waals surface area contributed by atoms with Crippen molar-refractivity contribution in [1.29, 1.82) is 5.26 Å². The number of aromatic amines is 1. The van der Waals surface area contributed by atoms with Crippen molar-refractivity contribution in [3.63, 3.8) is 0 Å². The third-order valence-corrected chi connectivity index (χ3v) is 5.92. The molecule has 3 amide bonds. The van der Waals surface area contributed by atoms with E-state index < -0.39 is 77.6 Å². The van der Waals surface area contributed by atoms with E-state index in [1.165, 1.54) is 0 Å². The SMILES string of the molecule is CC1(C)CC(CC(C#N)NC(=O)C(CC2CC2(F)F)NC(=O)c2ccc(C(F)(F)F)[nH]2)C(=O)N1. The van der Waals surface area contributed by atoms with Crippen molar-refractivity contribution in [2.45, 2.75) is 69.3 Å². The number of hydrogen-bond acceptors (Lipinski definition) is 4. The molecule has 1 aromatic heterocycles. The van der Waals surface area contributed by atoms with Gasteiger partial charge in [0.25, 0.3) is 11.8 Å². The Morgan fingerprint density at radius 1 is 1.21 bits per heavy atom. The third kappa shape index (κ3) is 6.03. The predicted octanol–water partition coefficient (Wildman–Crippen LogP) is 2.49. The number of alkyl halides is 5. The number of rotatable bonds is 8. The molecule has 1 aliphatic heterocycles. The molecule has 4 unspecified atom stereocenters. The van der Waals surface area contributed by atoms with Crippen molar-refractivity contribution in [2.24, 2.45) is 11.8 Å². The van der Waals surface area contributed by atoms with Gasteiger partial charge in [0.05, 0.1) is 6.07 Å². The lowest BCUT2D eigenvalue weighted by atomic mass is 9.92. The fourth-order valence-electron chi connectivity index (χ4n) is 4.06. The molecule has 3 rings (SSSR count). The highest BCUT2D eigenvalue weighted by atomic mass is 19.4. The first kappa shape index (κ1) is 25.5. The molecule has 1 aliphatic carbocycles. The van der Waals surface area contributed by atoms with E-state index in [0.717, 1.165) is 6.07 Å². The van der Waals surface area contributed by atoms with Gasteiger partial charge in [-0.1, -0.05) is 0 Å². The van der Waals surface area contributed by atoms with Gasteiger partial charge in [0.2, 0.25) is 11.8 Å². The minimum Gasteiger partial charge on any atom is -0.351 e. The fourth-order valence-corrected chi connectivity index (χ4v) is 4.06. The molecule has 1 aromatic rings. The van der Waals surface area contributed by atoms with Gasteiger partial charge in [0, 0.05) is 23.8 Å². The molecule has 2 aliphatic rings. The number of halogens is 5. The Bertz CT molecular complexity index is 1010. The number of hydrogen-bond donors (Lipinski definition) is 4. The van der Waals surface area contributed by atoms with Crippen molar-refractivity contribution in [1.82, 2.24) is 20.9 Å². The monoisotopic (exact) mass is 489 g/mol. The predicted molar refractivity (Wildman–Crippen MR) is 107 cm³/mol. The first-order chi connectivity index (χ1) is 15.6. The van der Waals surface area contributed by atoms with E-state index in [0.29, 0.717) is 12.5 Å². The number of amides is 3. The van der Waals surface area contributed by atoms with E-state index in [9.17, 15) is 41.6 Å². The van der Waals surface area contributed by atoms with Gasteiger partial charge >= 0.3 is 6.18 Å². The van der Waals surface area contributed by atoms with Crippen LogP contribution in [0.15, 0.2) is 12.1 Å². The van der Waals surface area contributed by atoms with Crippen LogP contribution in [0, 0.1) is 23.2 Å². The number of carbonyl (C=O) groups is 3. The maximum Gasteiger partial charge on any atom is 0.431 e. The second-order valence-corrected chi connectivity index (χ2v) is 9.41. The summed E-state index contributed by atoms with van der Waals surface area (Å²) in [6.07, 6.45) is -5.29. The summed E-state index contributed by atoms with van der Waals surface area (Å²) in [4.78, 5) is 39.2. The highest BCUT2D eigenvalue weighted by Gasteiger charge is 2.57. The Morgan fingerprint density at radius 3 is 2.32 bits per heavy atom. The molecule has 4 atom stereocenters. The van der Waals surface area contributed by atoms with Gasteiger partial charge in [0.1, 0.15) is 23.5 Å². The molecule has 0 bridgehead atoms. The number of nitriles is 1. The van der Waals surface area contributed by atoms with Crippen molar-refractivity contribution < 1.29 is 36.3 Å². The molecule has 13 heteroatoms. The zero-order chi connectivity index (χ0) is 25.5. The molecule has 1 saturated heterocycles. The van der Waals surface area contributed by atoms with Gasteiger partial charge in [-0.05, 0) is 45.2 Å². The number of carbonyl (C=O) groups excluding carboxylic acids is 3. The standard InChI is InChI=1S/C21H24F5N5O3/c1-19(2)7-10(16(32)31-19)5-12(9-27)28-18(34)14(6-11-8-20(11,22)23)30-17(33)13-3-4-15(29-13)21(24,25)26/h3-4,10-12,14,29H,5-8H2,1-2H3,(H,28,34)(H,30,33)(H,31,32). The van der Waals surface area contributed by atoms with E-state index in [1.54, 1.807) is 13.8 Å². The number of H-pyrrole nitrogens is 1. The van der Waals surface area contributed by atoms with Crippen LogP contribution in [-0.4, -0.2) is 46.3 Å². The highest BCUT2D eigenvalue weighted by molar-refractivity contribution is 5.96. The van der Waals surface area contributed by atoms with Crippen LogP contribution in [0.1, 0.15) is 55.7 Å². The Hall–Kier alpha value is -3.17. The van der Waals surface area contributed by atoms with Crippen LogP contribution in [0.2, 0.25) is 0 Å². The summed E-state index contributed by atoms with van der Waals surface area (Å²) >= 11 is 0. The summed E-state index contributed by atoms with van der Waals surface area (Å²) in [5, 5.41) is 16.7. The van der Waals surface area contributed by atoms with Crippen LogP contribution in [-0.2, 0) is 15.8 Å². The number of nitrogens with one attached hydrogen (secondary N) is 4. The topological polar surface area (TPSA) is 127 Å². The van der Waals surface area contributed by atoms with E-state index in [2.05, 4.69) is 16.0 Å². The van der Waals surface area contributed by atoms with Crippen LogP contribution in [0.3, 0.4) is 0 Å². The summed E-state index contributed by atoms with van der Waals surface area (Å²) < 4.78 is 65.2. The van der Waals surface area contributed by atoms with Gasteiger partial charge < -0.3 is 20.9 Å². The van der Waals surface area contributed by atoms with Crippen LogP contribution in [0.25, 0.3) is 0 Å². The largest absolute Gasteiger partial charge is 0.431 e. The minimum absolute atomic E-state index is 0.0245.